The number of hydrogen-bond donors (Lipinski definition) is 1. The van der Waals surface area contributed by atoms with E-state index >= 15 is 0 Å². The number of benzene rings is 1. The summed E-state index contributed by atoms with van der Waals surface area (Å²) in [6.07, 6.45) is 4.45. The van der Waals surface area contributed by atoms with E-state index in [1.54, 1.807) is 24.3 Å². The van der Waals surface area contributed by atoms with Crippen LogP contribution in [0.4, 0.5) is 0 Å². The summed E-state index contributed by atoms with van der Waals surface area (Å²) in [5.74, 6) is 0. The van der Waals surface area contributed by atoms with Crippen LogP contribution in [0.3, 0.4) is 0 Å². The number of nitrogens with zero attached hydrogens (tertiary/aromatic N) is 1. The molecule has 0 spiro atoms. The summed E-state index contributed by atoms with van der Waals surface area (Å²) in [6, 6.07) is 8.55. The predicted molar refractivity (Wildman–Crippen MR) is 76.5 cm³/mol. The second-order valence-electron chi connectivity index (χ2n) is 5.46. The number of nitrogens with one attached hydrogen (secondary N) is 1. The van der Waals surface area contributed by atoms with E-state index in [2.05, 4.69) is 9.62 Å². The predicted octanol–water partition coefficient (Wildman–Crippen LogP) is 1.84. The highest BCUT2D eigenvalue weighted by molar-refractivity contribution is 7.89. The molecule has 106 valence electrons. The summed E-state index contributed by atoms with van der Waals surface area (Å²) >= 11 is 0. The van der Waals surface area contributed by atoms with Crippen molar-refractivity contribution in [2.24, 2.45) is 0 Å². The summed E-state index contributed by atoms with van der Waals surface area (Å²) in [5, 5.41) is 0. The first-order valence-corrected chi connectivity index (χ1v) is 8.17. The maximum atomic E-state index is 12.2. The van der Waals surface area contributed by atoms with Gasteiger partial charge in [-0.05, 0) is 39.1 Å². The van der Waals surface area contributed by atoms with Crippen LogP contribution in [-0.2, 0) is 10.0 Å². The van der Waals surface area contributed by atoms with Gasteiger partial charge in [-0.15, -0.1) is 0 Å². The Morgan fingerprint density at radius 2 is 1.74 bits per heavy atom. The Kier molecular flexibility index (Phi) is 4.28. The lowest BCUT2D eigenvalue weighted by Gasteiger charge is -2.36. The molecule has 0 aromatic heterocycles. The molecule has 2 rings (SSSR count). The van der Waals surface area contributed by atoms with E-state index in [-0.39, 0.29) is 5.54 Å². The Bertz CT molecular complexity index is 506. The zero-order chi connectivity index (χ0) is 13.9. The van der Waals surface area contributed by atoms with E-state index in [1.807, 2.05) is 20.2 Å². The number of rotatable bonds is 5. The molecule has 1 saturated carbocycles. The van der Waals surface area contributed by atoms with E-state index in [9.17, 15) is 8.42 Å². The standard InChI is InChI=1S/C14H22N2O2S/c1-16(2)14(10-6-7-11-14)12-15-19(17,18)13-8-4-3-5-9-13/h3-5,8-9,15H,6-7,10-12H2,1-2H3. The zero-order valence-corrected chi connectivity index (χ0v) is 12.4. The molecular formula is C14H22N2O2S. The van der Waals surface area contributed by atoms with Crippen molar-refractivity contribution >= 4 is 10.0 Å². The van der Waals surface area contributed by atoms with E-state index in [1.165, 1.54) is 12.8 Å². The van der Waals surface area contributed by atoms with Crippen LogP contribution in [0.2, 0.25) is 0 Å². The molecule has 4 nitrogen and oxygen atoms in total. The van der Waals surface area contributed by atoms with Crippen molar-refractivity contribution < 1.29 is 8.42 Å². The molecule has 0 atom stereocenters. The van der Waals surface area contributed by atoms with Gasteiger partial charge in [0.15, 0.2) is 0 Å². The normalized spacial score (nSPS) is 18.9. The van der Waals surface area contributed by atoms with Gasteiger partial charge >= 0.3 is 0 Å². The molecule has 1 N–H and O–H groups in total. The SMILES string of the molecule is CN(C)C1(CNS(=O)(=O)c2ccccc2)CCCC1. The first-order chi connectivity index (χ1) is 8.96. The molecule has 0 saturated heterocycles. The lowest BCUT2D eigenvalue weighted by atomic mass is 9.97. The van der Waals surface area contributed by atoms with E-state index in [4.69, 9.17) is 0 Å². The Balaban J connectivity index is 2.09. The van der Waals surface area contributed by atoms with Crippen molar-refractivity contribution in [3.63, 3.8) is 0 Å². The van der Waals surface area contributed by atoms with Crippen molar-refractivity contribution in [3.8, 4) is 0 Å². The number of likely N-dealkylation sites (N-methyl/N-ethyl adjacent to an activating group) is 1. The fourth-order valence-electron chi connectivity index (χ4n) is 2.73. The summed E-state index contributed by atoms with van der Waals surface area (Å²) in [5.41, 5.74) is -0.0259. The van der Waals surface area contributed by atoms with Crippen LogP contribution in [0.15, 0.2) is 35.2 Å². The number of hydrogen-bond acceptors (Lipinski definition) is 3. The first kappa shape index (κ1) is 14.5. The monoisotopic (exact) mass is 282 g/mol. The highest BCUT2D eigenvalue weighted by Crippen LogP contribution is 2.33. The van der Waals surface area contributed by atoms with Crippen LogP contribution < -0.4 is 4.72 Å². The molecule has 1 aromatic carbocycles. The van der Waals surface area contributed by atoms with Crippen LogP contribution in [0.1, 0.15) is 25.7 Å². The van der Waals surface area contributed by atoms with Gasteiger partial charge in [0.1, 0.15) is 0 Å². The quantitative estimate of drug-likeness (QED) is 0.896. The van der Waals surface area contributed by atoms with Crippen LogP contribution in [0.5, 0.6) is 0 Å². The minimum absolute atomic E-state index is 0.0259. The molecule has 0 heterocycles. The van der Waals surface area contributed by atoms with Crippen molar-refractivity contribution in [1.29, 1.82) is 0 Å². The smallest absolute Gasteiger partial charge is 0.240 e. The van der Waals surface area contributed by atoms with Gasteiger partial charge in [0.2, 0.25) is 10.0 Å². The largest absolute Gasteiger partial charge is 0.302 e. The van der Waals surface area contributed by atoms with Gasteiger partial charge in [-0.25, -0.2) is 13.1 Å². The molecule has 1 fully saturated rings. The fourth-order valence-corrected chi connectivity index (χ4v) is 3.87. The van der Waals surface area contributed by atoms with Crippen molar-refractivity contribution in [2.75, 3.05) is 20.6 Å². The van der Waals surface area contributed by atoms with Crippen LogP contribution in [-0.4, -0.2) is 39.5 Å². The summed E-state index contributed by atoms with van der Waals surface area (Å²) in [4.78, 5) is 2.50. The van der Waals surface area contributed by atoms with Gasteiger partial charge in [0.25, 0.3) is 0 Å². The number of sulfonamides is 1. The van der Waals surface area contributed by atoms with Gasteiger partial charge in [0, 0.05) is 12.1 Å². The van der Waals surface area contributed by atoms with Crippen molar-refractivity contribution in [1.82, 2.24) is 9.62 Å². The maximum absolute atomic E-state index is 12.2. The third-order valence-electron chi connectivity index (χ3n) is 4.13. The van der Waals surface area contributed by atoms with Gasteiger partial charge in [-0.1, -0.05) is 31.0 Å². The fraction of sp³-hybridized carbons (Fsp3) is 0.571. The van der Waals surface area contributed by atoms with E-state index in [0.29, 0.717) is 11.4 Å². The molecule has 1 aromatic rings. The van der Waals surface area contributed by atoms with Crippen LogP contribution >= 0.6 is 0 Å². The van der Waals surface area contributed by atoms with E-state index < -0.39 is 10.0 Å². The molecule has 1 aliphatic rings. The Hall–Kier alpha value is -0.910. The lowest BCUT2D eigenvalue weighted by molar-refractivity contribution is 0.162. The van der Waals surface area contributed by atoms with E-state index in [0.717, 1.165) is 12.8 Å². The third kappa shape index (κ3) is 3.16. The van der Waals surface area contributed by atoms with Gasteiger partial charge in [-0.3, -0.25) is 0 Å². The summed E-state index contributed by atoms with van der Waals surface area (Å²) < 4.78 is 27.2. The Morgan fingerprint density at radius 1 is 1.16 bits per heavy atom. The molecule has 1 aliphatic carbocycles. The van der Waals surface area contributed by atoms with Crippen LogP contribution in [0, 0.1) is 0 Å². The third-order valence-corrected chi connectivity index (χ3v) is 5.54. The van der Waals surface area contributed by atoms with Crippen molar-refractivity contribution in [3.05, 3.63) is 30.3 Å². The zero-order valence-electron chi connectivity index (χ0n) is 11.6. The Labute approximate surface area is 115 Å². The topological polar surface area (TPSA) is 49.4 Å². The molecular weight excluding hydrogens is 260 g/mol. The molecule has 0 aliphatic heterocycles. The lowest BCUT2D eigenvalue weighted by Crippen LogP contribution is -2.50. The highest BCUT2D eigenvalue weighted by atomic mass is 32.2. The Morgan fingerprint density at radius 3 is 2.26 bits per heavy atom. The molecule has 0 radical (unpaired) electrons. The first-order valence-electron chi connectivity index (χ1n) is 6.68. The summed E-state index contributed by atoms with van der Waals surface area (Å²) in [7, 11) is 0.664. The second-order valence-corrected chi connectivity index (χ2v) is 7.23. The molecule has 0 unspecified atom stereocenters. The average Bonchev–Trinajstić information content (AvgIpc) is 2.88. The summed E-state index contributed by atoms with van der Waals surface area (Å²) in [6.45, 7) is 0.483. The molecule has 0 bridgehead atoms. The molecule has 5 heteroatoms. The van der Waals surface area contributed by atoms with Gasteiger partial charge in [0.05, 0.1) is 4.90 Å². The van der Waals surface area contributed by atoms with Crippen molar-refractivity contribution in [2.45, 2.75) is 36.1 Å². The van der Waals surface area contributed by atoms with Gasteiger partial charge in [-0.2, -0.15) is 0 Å². The molecule has 19 heavy (non-hydrogen) atoms. The molecule has 0 amide bonds. The highest BCUT2D eigenvalue weighted by Gasteiger charge is 2.36. The second kappa shape index (κ2) is 5.61. The maximum Gasteiger partial charge on any atom is 0.240 e. The average molecular weight is 282 g/mol. The minimum Gasteiger partial charge on any atom is -0.302 e. The minimum atomic E-state index is -3.40. The van der Waals surface area contributed by atoms with Crippen LogP contribution in [0.25, 0.3) is 0 Å². The van der Waals surface area contributed by atoms with Gasteiger partial charge < -0.3 is 4.90 Å².